The molecule has 0 saturated heterocycles. The van der Waals surface area contributed by atoms with Crippen LogP contribution in [0.5, 0.6) is 0 Å². The van der Waals surface area contributed by atoms with E-state index in [0.29, 0.717) is 19.0 Å². The van der Waals surface area contributed by atoms with Crippen molar-refractivity contribution in [3.63, 3.8) is 0 Å². The van der Waals surface area contributed by atoms with E-state index in [1.807, 2.05) is 0 Å². The quantitative estimate of drug-likeness (QED) is 0.647. The van der Waals surface area contributed by atoms with E-state index in [0.717, 1.165) is 25.7 Å². The highest BCUT2D eigenvalue weighted by molar-refractivity contribution is 5.94. The lowest BCUT2D eigenvalue weighted by Gasteiger charge is -2.20. The van der Waals surface area contributed by atoms with Crippen LogP contribution in [0.3, 0.4) is 0 Å². The van der Waals surface area contributed by atoms with Crippen LogP contribution in [0.4, 0.5) is 0 Å². The SMILES string of the molecule is COCC1(C(=O)C2(COC)CC2)CC1. The van der Waals surface area contributed by atoms with Crippen LogP contribution < -0.4 is 0 Å². The molecule has 2 aliphatic rings. The molecule has 2 aliphatic carbocycles. The van der Waals surface area contributed by atoms with Gasteiger partial charge in [-0.1, -0.05) is 0 Å². The Morgan fingerprint density at radius 3 is 1.57 bits per heavy atom. The molecule has 2 fully saturated rings. The molecule has 0 radical (unpaired) electrons. The van der Waals surface area contributed by atoms with Gasteiger partial charge in [-0.3, -0.25) is 4.79 Å². The second-order valence-corrected chi connectivity index (χ2v) is 4.76. The van der Waals surface area contributed by atoms with Crippen LogP contribution in [0, 0.1) is 10.8 Å². The summed E-state index contributed by atoms with van der Waals surface area (Å²) in [6.07, 6.45) is 4.02. The lowest BCUT2D eigenvalue weighted by atomic mass is 9.88. The van der Waals surface area contributed by atoms with Crippen LogP contribution in [0.1, 0.15) is 25.7 Å². The summed E-state index contributed by atoms with van der Waals surface area (Å²) in [6.45, 7) is 1.19. The molecule has 0 heterocycles. The predicted molar refractivity (Wildman–Crippen MR) is 52.1 cm³/mol. The minimum Gasteiger partial charge on any atom is -0.384 e. The Kier molecular flexibility index (Phi) is 2.40. The molecule has 3 heteroatoms. The molecule has 0 aromatic rings. The van der Waals surface area contributed by atoms with Crippen LogP contribution in [-0.2, 0) is 14.3 Å². The average Bonchev–Trinajstić information content (AvgIpc) is 3.01. The van der Waals surface area contributed by atoms with Gasteiger partial charge in [0.15, 0.2) is 0 Å². The third kappa shape index (κ3) is 1.48. The topological polar surface area (TPSA) is 35.5 Å². The molecule has 0 amide bonds. The second-order valence-electron chi connectivity index (χ2n) is 4.76. The summed E-state index contributed by atoms with van der Waals surface area (Å²) in [5.41, 5.74) is -0.270. The van der Waals surface area contributed by atoms with Gasteiger partial charge in [0.05, 0.1) is 24.0 Å². The second kappa shape index (κ2) is 3.31. The van der Waals surface area contributed by atoms with E-state index >= 15 is 0 Å². The van der Waals surface area contributed by atoms with Crippen molar-refractivity contribution >= 4 is 5.78 Å². The van der Waals surface area contributed by atoms with Crippen molar-refractivity contribution in [3.05, 3.63) is 0 Å². The smallest absolute Gasteiger partial charge is 0.149 e. The van der Waals surface area contributed by atoms with E-state index in [9.17, 15) is 4.79 Å². The molecular weight excluding hydrogens is 180 g/mol. The van der Waals surface area contributed by atoms with Gasteiger partial charge in [0.25, 0.3) is 0 Å². The standard InChI is InChI=1S/C11H18O3/c1-13-7-10(3-4-10)9(12)11(5-6-11)8-14-2/h3-8H2,1-2H3. The third-order valence-electron chi connectivity index (χ3n) is 3.51. The fourth-order valence-corrected chi connectivity index (χ4v) is 2.29. The first-order valence-corrected chi connectivity index (χ1v) is 5.22. The normalized spacial score (nSPS) is 25.9. The molecule has 0 aliphatic heterocycles. The van der Waals surface area contributed by atoms with E-state index in [4.69, 9.17) is 9.47 Å². The Bertz CT molecular complexity index is 215. The third-order valence-corrected chi connectivity index (χ3v) is 3.51. The lowest BCUT2D eigenvalue weighted by Crippen LogP contribution is -2.32. The first kappa shape index (κ1) is 10.1. The minimum absolute atomic E-state index is 0.135. The van der Waals surface area contributed by atoms with Crippen molar-refractivity contribution in [2.24, 2.45) is 10.8 Å². The Hall–Kier alpha value is -0.410. The number of carbonyl (C=O) groups is 1. The molecule has 14 heavy (non-hydrogen) atoms. The van der Waals surface area contributed by atoms with Gasteiger partial charge < -0.3 is 9.47 Å². The molecule has 0 aromatic heterocycles. The van der Waals surface area contributed by atoms with Crippen molar-refractivity contribution in [1.82, 2.24) is 0 Å². The van der Waals surface area contributed by atoms with Gasteiger partial charge in [0, 0.05) is 14.2 Å². The van der Waals surface area contributed by atoms with Gasteiger partial charge in [-0.2, -0.15) is 0 Å². The Morgan fingerprint density at radius 2 is 1.36 bits per heavy atom. The van der Waals surface area contributed by atoms with E-state index in [1.165, 1.54) is 0 Å². The van der Waals surface area contributed by atoms with E-state index < -0.39 is 0 Å². The summed E-state index contributed by atoms with van der Waals surface area (Å²) >= 11 is 0. The van der Waals surface area contributed by atoms with Crippen molar-refractivity contribution in [2.45, 2.75) is 25.7 Å². The maximum absolute atomic E-state index is 12.2. The highest BCUT2D eigenvalue weighted by Crippen LogP contribution is 2.58. The van der Waals surface area contributed by atoms with Crippen molar-refractivity contribution in [2.75, 3.05) is 27.4 Å². The number of hydrogen-bond donors (Lipinski definition) is 0. The molecule has 80 valence electrons. The number of methoxy groups -OCH3 is 2. The molecule has 2 rings (SSSR count). The molecule has 0 unspecified atom stereocenters. The zero-order valence-electron chi connectivity index (χ0n) is 8.97. The number of rotatable bonds is 6. The Labute approximate surface area is 84.8 Å². The summed E-state index contributed by atoms with van der Waals surface area (Å²) in [5, 5.41) is 0. The average molecular weight is 198 g/mol. The van der Waals surface area contributed by atoms with E-state index in [-0.39, 0.29) is 10.8 Å². The molecule has 2 saturated carbocycles. The largest absolute Gasteiger partial charge is 0.384 e. The van der Waals surface area contributed by atoms with E-state index in [2.05, 4.69) is 0 Å². The van der Waals surface area contributed by atoms with Gasteiger partial charge in [0.1, 0.15) is 5.78 Å². The molecule has 0 spiro atoms. The molecule has 0 bridgehead atoms. The molecular formula is C11H18O3. The van der Waals surface area contributed by atoms with Gasteiger partial charge in [-0.25, -0.2) is 0 Å². The summed E-state index contributed by atoms with van der Waals surface area (Å²) in [7, 11) is 3.34. The van der Waals surface area contributed by atoms with Crippen molar-refractivity contribution in [1.29, 1.82) is 0 Å². The molecule has 0 aromatic carbocycles. The van der Waals surface area contributed by atoms with Crippen LogP contribution >= 0.6 is 0 Å². The summed E-state index contributed by atoms with van der Waals surface area (Å²) in [4.78, 5) is 12.2. The van der Waals surface area contributed by atoms with Gasteiger partial charge >= 0.3 is 0 Å². The number of hydrogen-bond acceptors (Lipinski definition) is 3. The predicted octanol–water partition coefficient (Wildman–Crippen LogP) is 1.41. The van der Waals surface area contributed by atoms with Crippen LogP contribution in [0.15, 0.2) is 0 Å². The molecule has 0 N–H and O–H groups in total. The Morgan fingerprint density at radius 1 is 1.00 bits per heavy atom. The van der Waals surface area contributed by atoms with Gasteiger partial charge in [-0.15, -0.1) is 0 Å². The first-order valence-electron chi connectivity index (χ1n) is 5.22. The first-order chi connectivity index (χ1) is 6.69. The minimum atomic E-state index is -0.135. The number of carbonyl (C=O) groups excluding carboxylic acids is 1. The highest BCUT2D eigenvalue weighted by Gasteiger charge is 2.61. The fourth-order valence-electron chi connectivity index (χ4n) is 2.29. The van der Waals surface area contributed by atoms with Crippen molar-refractivity contribution in [3.8, 4) is 0 Å². The Balaban J connectivity index is 2.01. The lowest BCUT2D eigenvalue weighted by molar-refractivity contribution is -0.133. The van der Waals surface area contributed by atoms with E-state index in [1.54, 1.807) is 14.2 Å². The number of Topliss-reactive ketones (excluding diaryl/α,β-unsaturated/α-hetero) is 1. The highest BCUT2D eigenvalue weighted by atomic mass is 16.5. The van der Waals surface area contributed by atoms with Gasteiger partial charge in [-0.05, 0) is 25.7 Å². The monoisotopic (exact) mass is 198 g/mol. The summed E-state index contributed by atoms with van der Waals surface area (Å²) in [5.74, 6) is 0.397. The summed E-state index contributed by atoms with van der Waals surface area (Å²) < 4.78 is 10.3. The van der Waals surface area contributed by atoms with Crippen LogP contribution in [0.2, 0.25) is 0 Å². The van der Waals surface area contributed by atoms with Crippen LogP contribution in [-0.4, -0.2) is 33.2 Å². The summed E-state index contributed by atoms with van der Waals surface area (Å²) in [6, 6.07) is 0. The maximum atomic E-state index is 12.2. The zero-order chi connectivity index (χ0) is 10.2. The zero-order valence-corrected chi connectivity index (χ0v) is 8.97. The van der Waals surface area contributed by atoms with Crippen molar-refractivity contribution < 1.29 is 14.3 Å². The number of ether oxygens (including phenoxy) is 2. The maximum Gasteiger partial charge on any atom is 0.149 e. The van der Waals surface area contributed by atoms with Crippen LogP contribution in [0.25, 0.3) is 0 Å². The molecule has 3 nitrogen and oxygen atoms in total. The van der Waals surface area contributed by atoms with Gasteiger partial charge in [0.2, 0.25) is 0 Å². The fraction of sp³-hybridized carbons (Fsp3) is 0.909. The number of ketones is 1. The molecule has 0 atom stereocenters.